The van der Waals surface area contributed by atoms with Crippen LogP contribution in [0.4, 0.5) is 8.78 Å². The molecular formula is C25H21F2N7O2. The van der Waals surface area contributed by atoms with E-state index in [1.807, 2.05) is 6.08 Å². The Hall–Kier alpha value is -4.17. The van der Waals surface area contributed by atoms with Crippen LogP contribution in [0.15, 0.2) is 53.4 Å². The molecule has 1 saturated heterocycles. The lowest BCUT2D eigenvalue weighted by Crippen LogP contribution is -2.41. The minimum Gasteiger partial charge on any atom is -0.370 e. The van der Waals surface area contributed by atoms with Crippen LogP contribution in [-0.4, -0.2) is 41.8 Å². The molecule has 2 unspecified atom stereocenters. The molecule has 1 aliphatic heterocycles. The smallest absolute Gasteiger partial charge is 0.328 e. The van der Waals surface area contributed by atoms with Gasteiger partial charge in [0.2, 0.25) is 5.95 Å². The summed E-state index contributed by atoms with van der Waals surface area (Å²) in [4.78, 5) is 29.9. The maximum absolute atomic E-state index is 14.5. The van der Waals surface area contributed by atoms with Gasteiger partial charge in [0.15, 0.2) is 5.65 Å². The Morgan fingerprint density at radius 3 is 3.03 bits per heavy atom. The van der Waals surface area contributed by atoms with Crippen LogP contribution < -0.4 is 5.69 Å². The highest BCUT2D eigenvalue weighted by atomic mass is 19.1. The second-order valence-corrected chi connectivity index (χ2v) is 8.89. The van der Waals surface area contributed by atoms with Gasteiger partial charge in [0.05, 0.1) is 28.8 Å². The summed E-state index contributed by atoms with van der Waals surface area (Å²) in [5.41, 5.74) is 2.07. The minimum absolute atomic E-state index is 0.226. The minimum atomic E-state index is -0.762. The Bertz CT molecular complexity index is 1640. The Morgan fingerprint density at radius 2 is 2.17 bits per heavy atom. The van der Waals surface area contributed by atoms with Crippen molar-refractivity contribution in [3.05, 3.63) is 70.6 Å². The van der Waals surface area contributed by atoms with Crippen LogP contribution in [0, 0.1) is 23.1 Å². The van der Waals surface area contributed by atoms with Crippen molar-refractivity contribution in [2.45, 2.75) is 37.8 Å². The number of aryl methyl sites for hydroxylation is 1. The van der Waals surface area contributed by atoms with Crippen molar-refractivity contribution in [1.82, 2.24) is 29.1 Å². The summed E-state index contributed by atoms with van der Waals surface area (Å²) in [6.07, 6.45) is 7.39. The van der Waals surface area contributed by atoms with E-state index in [1.165, 1.54) is 24.5 Å². The molecule has 2 aliphatic rings. The number of H-pyrrole nitrogens is 1. The molecule has 4 aromatic rings. The van der Waals surface area contributed by atoms with Gasteiger partial charge in [-0.15, -0.1) is 0 Å². The molecule has 36 heavy (non-hydrogen) atoms. The van der Waals surface area contributed by atoms with E-state index in [0.717, 1.165) is 0 Å². The topological polar surface area (TPSA) is 114 Å². The molecule has 9 nitrogen and oxygen atoms in total. The summed E-state index contributed by atoms with van der Waals surface area (Å²) in [6.45, 7) is 0.290. The highest BCUT2D eigenvalue weighted by Gasteiger charge is 2.39. The van der Waals surface area contributed by atoms with E-state index < -0.39 is 18.0 Å². The summed E-state index contributed by atoms with van der Waals surface area (Å²) < 4.78 is 37.3. The number of nitrogens with one attached hydrogen (secondary N) is 1. The van der Waals surface area contributed by atoms with Gasteiger partial charge >= 0.3 is 5.69 Å². The Morgan fingerprint density at radius 1 is 1.28 bits per heavy atom. The number of nitrogens with zero attached hydrogens (tertiary/aromatic N) is 6. The first-order valence-corrected chi connectivity index (χ1v) is 11.7. The molecule has 1 fully saturated rings. The summed E-state index contributed by atoms with van der Waals surface area (Å²) >= 11 is 0. The maximum Gasteiger partial charge on any atom is 0.328 e. The zero-order chi connectivity index (χ0) is 24.8. The van der Waals surface area contributed by atoms with Crippen molar-refractivity contribution >= 4 is 22.2 Å². The monoisotopic (exact) mass is 489 g/mol. The number of halogens is 2. The van der Waals surface area contributed by atoms with Gasteiger partial charge in [-0.2, -0.15) is 10.2 Å². The van der Waals surface area contributed by atoms with Crippen molar-refractivity contribution in [3.8, 4) is 12.0 Å². The lowest BCUT2D eigenvalue weighted by atomic mass is 9.85. The molecule has 0 amide bonds. The highest BCUT2D eigenvalue weighted by Crippen LogP contribution is 2.38. The van der Waals surface area contributed by atoms with Crippen LogP contribution in [-0.2, 0) is 11.2 Å². The van der Waals surface area contributed by atoms with E-state index in [2.05, 4.69) is 21.0 Å². The number of hydrogen-bond acceptors (Lipinski definition) is 6. The van der Waals surface area contributed by atoms with E-state index >= 15 is 0 Å². The van der Waals surface area contributed by atoms with Gasteiger partial charge in [-0.3, -0.25) is 9.13 Å². The standard InChI is InChI=1S/C25H21F2N7O2/c26-14-7-8-17-20(12-14)33(13-29-17)24-30-18(6-1-2-10-28)21-23(32-24)34(25(35)31-21)19-9-11-36-22-15(19)4-3-5-16(22)27/h3-5,7-8,12-13,15,19,22H,1-2,6,9,11H2,(H,31,35)/t15?,19-,22?/m1/s1. The molecule has 1 aliphatic carbocycles. The van der Waals surface area contributed by atoms with Crippen molar-refractivity contribution in [1.29, 1.82) is 5.26 Å². The molecule has 0 saturated carbocycles. The first-order valence-electron chi connectivity index (χ1n) is 11.7. The van der Waals surface area contributed by atoms with Gasteiger partial charge in [0, 0.05) is 25.0 Å². The van der Waals surface area contributed by atoms with Gasteiger partial charge < -0.3 is 9.72 Å². The number of rotatable bonds is 5. The molecule has 3 atom stereocenters. The normalized spacial score (nSPS) is 21.5. The van der Waals surface area contributed by atoms with Crippen molar-refractivity contribution in [2.75, 3.05) is 6.61 Å². The second-order valence-electron chi connectivity index (χ2n) is 8.89. The number of aromatic nitrogens is 6. The van der Waals surface area contributed by atoms with Crippen LogP contribution >= 0.6 is 0 Å². The quantitative estimate of drug-likeness (QED) is 0.427. The third-order valence-electron chi connectivity index (χ3n) is 6.76. The highest BCUT2D eigenvalue weighted by molar-refractivity contribution is 5.78. The molecule has 4 heterocycles. The fraction of sp³-hybridized carbons (Fsp3) is 0.320. The molecule has 0 radical (unpaired) electrons. The predicted octanol–water partition coefficient (Wildman–Crippen LogP) is 3.81. The van der Waals surface area contributed by atoms with E-state index in [-0.39, 0.29) is 23.4 Å². The third-order valence-corrected chi connectivity index (χ3v) is 6.76. The second kappa shape index (κ2) is 8.80. The average Bonchev–Trinajstić information content (AvgIpc) is 3.44. The summed E-state index contributed by atoms with van der Waals surface area (Å²) in [6, 6.07) is 5.97. The fourth-order valence-electron chi connectivity index (χ4n) is 5.10. The van der Waals surface area contributed by atoms with Gasteiger partial charge in [-0.1, -0.05) is 12.2 Å². The molecule has 11 heteroatoms. The molecule has 182 valence electrons. The largest absolute Gasteiger partial charge is 0.370 e. The zero-order valence-electron chi connectivity index (χ0n) is 19.1. The molecule has 6 rings (SSSR count). The van der Waals surface area contributed by atoms with Crippen LogP contribution in [0.5, 0.6) is 0 Å². The summed E-state index contributed by atoms with van der Waals surface area (Å²) in [5, 5.41) is 9.01. The summed E-state index contributed by atoms with van der Waals surface area (Å²) in [5.74, 6) is -0.960. The first kappa shape index (κ1) is 22.3. The van der Waals surface area contributed by atoms with Crippen molar-refractivity contribution in [2.24, 2.45) is 5.92 Å². The number of benzene rings is 1. The predicted molar refractivity (Wildman–Crippen MR) is 127 cm³/mol. The number of nitriles is 1. The van der Waals surface area contributed by atoms with E-state index in [4.69, 9.17) is 15.0 Å². The van der Waals surface area contributed by atoms with E-state index in [0.29, 0.717) is 60.2 Å². The van der Waals surface area contributed by atoms with Crippen LogP contribution in [0.3, 0.4) is 0 Å². The Kier molecular flexibility index (Phi) is 5.45. The molecule has 1 N–H and O–H groups in total. The number of unbranched alkanes of at least 4 members (excludes halogenated alkanes) is 1. The van der Waals surface area contributed by atoms with E-state index in [1.54, 1.807) is 21.3 Å². The zero-order valence-corrected chi connectivity index (χ0v) is 19.1. The maximum atomic E-state index is 14.5. The number of allylic oxidation sites excluding steroid dienone is 2. The third kappa shape index (κ3) is 3.61. The molecule has 1 aromatic carbocycles. The van der Waals surface area contributed by atoms with Crippen molar-refractivity contribution in [3.63, 3.8) is 0 Å². The summed E-state index contributed by atoms with van der Waals surface area (Å²) in [7, 11) is 0. The molecule has 0 spiro atoms. The van der Waals surface area contributed by atoms with Crippen molar-refractivity contribution < 1.29 is 13.5 Å². The van der Waals surface area contributed by atoms with Gasteiger partial charge in [-0.25, -0.2) is 23.5 Å². The number of fused-ring (bicyclic) bond motifs is 3. The lowest BCUT2D eigenvalue weighted by Gasteiger charge is -2.37. The Labute approximate surface area is 203 Å². The fourth-order valence-corrected chi connectivity index (χ4v) is 5.10. The lowest BCUT2D eigenvalue weighted by molar-refractivity contribution is -0.0265. The molecular weight excluding hydrogens is 468 g/mol. The van der Waals surface area contributed by atoms with Gasteiger partial charge in [0.1, 0.15) is 29.6 Å². The van der Waals surface area contributed by atoms with E-state index in [9.17, 15) is 13.6 Å². The number of aromatic amines is 1. The number of imidazole rings is 2. The van der Waals surface area contributed by atoms with Crippen LogP contribution in [0.25, 0.3) is 28.1 Å². The number of hydrogen-bond donors (Lipinski definition) is 1. The number of ether oxygens (including phenoxy) is 1. The SMILES string of the molecule is N#CCCCc1nc(-n2cnc3ccc(F)cc32)nc2c1[nH]c(=O)n2[C@@H]1CCOC2C(F)=CC=CC21. The van der Waals surface area contributed by atoms with Gasteiger partial charge in [0.25, 0.3) is 0 Å². The van der Waals surface area contributed by atoms with Crippen LogP contribution in [0.1, 0.15) is 31.0 Å². The average molecular weight is 489 g/mol. The molecule has 0 bridgehead atoms. The van der Waals surface area contributed by atoms with Gasteiger partial charge in [-0.05, 0) is 37.5 Å². The Balaban J connectivity index is 1.55. The van der Waals surface area contributed by atoms with Crippen LogP contribution in [0.2, 0.25) is 0 Å². The molecule has 3 aromatic heterocycles. The first-order chi connectivity index (χ1) is 17.5.